The van der Waals surface area contributed by atoms with Crippen molar-refractivity contribution in [3.8, 4) is 0 Å². The van der Waals surface area contributed by atoms with Gasteiger partial charge in [-0.25, -0.2) is 4.98 Å². The van der Waals surface area contributed by atoms with Crippen molar-refractivity contribution in [1.82, 2.24) is 9.88 Å². The molecule has 1 atom stereocenters. The van der Waals surface area contributed by atoms with Gasteiger partial charge in [-0.1, -0.05) is 13.3 Å². The van der Waals surface area contributed by atoms with Gasteiger partial charge in [-0.3, -0.25) is 0 Å². The number of anilines is 1. The molecular weight excluding hydrogens is 236 g/mol. The van der Waals surface area contributed by atoms with Crippen LogP contribution < -0.4 is 10.6 Å². The zero-order chi connectivity index (χ0) is 13.8. The second-order valence-electron chi connectivity index (χ2n) is 5.55. The zero-order valence-corrected chi connectivity index (χ0v) is 12.4. The summed E-state index contributed by atoms with van der Waals surface area (Å²) in [6.45, 7) is 8.24. The van der Waals surface area contributed by atoms with Crippen molar-refractivity contribution in [3.63, 3.8) is 0 Å². The highest BCUT2D eigenvalue weighted by Crippen LogP contribution is 2.19. The van der Waals surface area contributed by atoms with E-state index in [-0.39, 0.29) is 0 Å². The minimum atomic E-state index is 0.576. The Morgan fingerprint density at radius 1 is 1.37 bits per heavy atom. The van der Waals surface area contributed by atoms with Crippen LogP contribution in [-0.2, 0) is 13.0 Å². The number of piperazine rings is 1. The average molecular weight is 262 g/mol. The first-order valence-corrected chi connectivity index (χ1v) is 7.29. The number of hydrogen-bond acceptors (Lipinski definition) is 4. The summed E-state index contributed by atoms with van der Waals surface area (Å²) in [6, 6.07) is 4.87. The topological polar surface area (TPSA) is 45.4 Å². The highest BCUT2D eigenvalue weighted by atomic mass is 15.3. The molecule has 4 nitrogen and oxygen atoms in total. The second kappa shape index (κ2) is 6.35. The molecule has 0 spiro atoms. The van der Waals surface area contributed by atoms with Crippen molar-refractivity contribution < 1.29 is 0 Å². The summed E-state index contributed by atoms with van der Waals surface area (Å²) in [7, 11) is 2.19. The van der Waals surface area contributed by atoms with Crippen LogP contribution in [0.15, 0.2) is 12.1 Å². The molecule has 19 heavy (non-hydrogen) atoms. The van der Waals surface area contributed by atoms with E-state index >= 15 is 0 Å². The van der Waals surface area contributed by atoms with E-state index in [2.05, 4.69) is 42.8 Å². The lowest BCUT2D eigenvalue weighted by Gasteiger charge is -2.38. The zero-order valence-electron chi connectivity index (χ0n) is 12.4. The van der Waals surface area contributed by atoms with E-state index in [0.29, 0.717) is 12.6 Å². The summed E-state index contributed by atoms with van der Waals surface area (Å²) in [4.78, 5) is 9.60. The minimum absolute atomic E-state index is 0.576. The molecule has 1 saturated heterocycles. The number of likely N-dealkylation sites (N-methyl/N-ethyl adjacent to an activating group) is 1. The van der Waals surface area contributed by atoms with Crippen LogP contribution in [0.1, 0.15) is 31.5 Å². The Morgan fingerprint density at radius 2 is 2.16 bits per heavy atom. The first-order valence-electron chi connectivity index (χ1n) is 7.29. The lowest BCUT2D eigenvalue weighted by atomic mass is 10.1. The lowest BCUT2D eigenvalue weighted by Crippen LogP contribution is -2.50. The fraction of sp³-hybridized carbons (Fsp3) is 0.667. The van der Waals surface area contributed by atoms with Crippen LogP contribution in [0.25, 0.3) is 0 Å². The summed E-state index contributed by atoms with van der Waals surface area (Å²) in [5, 5.41) is 0. The predicted molar refractivity (Wildman–Crippen MR) is 80.4 cm³/mol. The van der Waals surface area contributed by atoms with Crippen LogP contribution in [0.5, 0.6) is 0 Å². The van der Waals surface area contributed by atoms with E-state index in [1.54, 1.807) is 0 Å². The van der Waals surface area contributed by atoms with Crippen molar-refractivity contribution >= 4 is 5.82 Å². The molecule has 0 aromatic carbocycles. The van der Waals surface area contributed by atoms with Crippen molar-refractivity contribution in [2.24, 2.45) is 5.73 Å². The van der Waals surface area contributed by atoms with Crippen molar-refractivity contribution in [1.29, 1.82) is 0 Å². The van der Waals surface area contributed by atoms with Gasteiger partial charge in [0.15, 0.2) is 0 Å². The summed E-state index contributed by atoms with van der Waals surface area (Å²) in [5.41, 5.74) is 8.18. The molecule has 1 aromatic heterocycles. The quantitative estimate of drug-likeness (QED) is 0.896. The van der Waals surface area contributed by atoms with Gasteiger partial charge in [0, 0.05) is 37.9 Å². The number of nitrogens with two attached hydrogens (primary N) is 1. The number of aryl methyl sites for hydroxylation is 1. The molecule has 2 rings (SSSR count). The third-order valence-corrected chi connectivity index (χ3v) is 3.95. The molecule has 1 aromatic rings. The molecule has 0 radical (unpaired) electrons. The highest BCUT2D eigenvalue weighted by molar-refractivity contribution is 5.43. The molecule has 1 aliphatic rings. The van der Waals surface area contributed by atoms with Gasteiger partial charge >= 0.3 is 0 Å². The summed E-state index contributed by atoms with van der Waals surface area (Å²) in [6.07, 6.45) is 2.16. The van der Waals surface area contributed by atoms with Crippen LogP contribution in [0.3, 0.4) is 0 Å². The van der Waals surface area contributed by atoms with Crippen molar-refractivity contribution in [2.75, 3.05) is 31.6 Å². The summed E-state index contributed by atoms with van der Waals surface area (Å²) in [5.74, 6) is 1.10. The van der Waals surface area contributed by atoms with Gasteiger partial charge in [0.05, 0.1) is 0 Å². The van der Waals surface area contributed by atoms with Crippen LogP contribution in [0.2, 0.25) is 0 Å². The van der Waals surface area contributed by atoms with Crippen LogP contribution in [0.4, 0.5) is 5.82 Å². The predicted octanol–water partition coefficient (Wildman–Crippen LogP) is 1.63. The molecule has 0 saturated carbocycles. The second-order valence-corrected chi connectivity index (χ2v) is 5.55. The molecule has 0 bridgehead atoms. The molecule has 4 heteroatoms. The Labute approximate surface area is 116 Å². The van der Waals surface area contributed by atoms with E-state index in [4.69, 9.17) is 10.7 Å². The summed E-state index contributed by atoms with van der Waals surface area (Å²) < 4.78 is 0. The first-order chi connectivity index (χ1) is 9.13. The third kappa shape index (κ3) is 3.45. The monoisotopic (exact) mass is 262 g/mol. The standard InChI is InChI=1S/C15H26N4/c1-4-5-14-8-13(10-16)9-15(17-14)19-7-6-18(3)12(2)11-19/h8-9,12H,4-7,10-11,16H2,1-3H3. The van der Waals surface area contributed by atoms with E-state index in [1.807, 2.05) is 0 Å². The Morgan fingerprint density at radius 3 is 2.79 bits per heavy atom. The third-order valence-electron chi connectivity index (χ3n) is 3.95. The largest absolute Gasteiger partial charge is 0.354 e. The van der Waals surface area contributed by atoms with Gasteiger partial charge in [-0.2, -0.15) is 0 Å². The fourth-order valence-corrected chi connectivity index (χ4v) is 2.55. The lowest BCUT2D eigenvalue weighted by molar-refractivity contribution is 0.233. The number of hydrogen-bond donors (Lipinski definition) is 1. The van der Waals surface area contributed by atoms with Crippen LogP contribution in [-0.4, -0.2) is 42.6 Å². The van der Waals surface area contributed by atoms with E-state index in [0.717, 1.165) is 38.3 Å². The van der Waals surface area contributed by atoms with Crippen molar-refractivity contribution in [3.05, 3.63) is 23.4 Å². The molecule has 2 N–H and O–H groups in total. The number of aromatic nitrogens is 1. The first kappa shape index (κ1) is 14.3. The normalized spacial score (nSPS) is 20.8. The van der Waals surface area contributed by atoms with Gasteiger partial charge in [-0.15, -0.1) is 0 Å². The Bertz CT molecular complexity index is 419. The molecule has 2 heterocycles. The minimum Gasteiger partial charge on any atom is -0.354 e. The molecule has 1 aliphatic heterocycles. The SMILES string of the molecule is CCCc1cc(CN)cc(N2CCN(C)C(C)C2)n1. The van der Waals surface area contributed by atoms with Gasteiger partial charge in [-0.05, 0) is 38.1 Å². The van der Waals surface area contributed by atoms with Gasteiger partial charge in [0.25, 0.3) is 0 Å². The molecule has 1 fully saturated rings. The average Bonchev–Trinajstić information content (AvgIpc) is 2.42. The molecular formula is C15H26N4. The maximum absolute atomic E-state index is 5.81. The molecule has 0 amide bonds. The Balaban J connectivity index is 2.20. The molecule has 0 aliphatic carbocycles. The van der Waals surface area contributed by atoms with Crippen molar-refractivity contribution in [2.45, 2.75) is 39.3 Å². The van der Waals surface area contributed by atoms with E-state index < -0.39 is 0 Å². The van der Waals surface area contributed by atoms with Crippen LogP contribution in [0, 0.1) is 0 Å². The fourth-order valence-electron chi connectivity index (χ4n) is 2.55. The maximum atomic E-state index is 5.81. The molecule has 106 valence electrons. The highest BCUT2D eigenvalue weighted by Gasteiger charge is 2.21. The van der Waals surface area contributed by atoms with E-state index in [9.17, 15) is 0 Å². The van der Waals surface area contributed by atoms with Crippen LogP contribution >= 0.6 is 0 Å². The number of pyridine rings is 1. The number of nitrogens with zero attached hydrogens (tertiary/aromatic N) is 3. The summed E-state index contributed by atoms with van der Waals surface area (Å²) >= 11 is 0. The Kier molecular flexibility index (Phi) is 4.77. The van der Waals surface area contributed by atoms with Gasteiger partial charge < -0.3 is 15.5 Å². The smallest absolute Gasteiger partial charge is 0.129 e. The number of rotatable bonds is 4. The van der Waals surface area contributed by atoms with E-state index in [1.165, 1.54) is 11.3 Å². The Hall–Kier alpha value is -1.13. The molecule has 1 unspecified atom stereocenters. The van der Waals surface area contributed by atoms with Gasteiger partial charge in [0.2, 0.25) is 0 Å². The maximum Gasteiger partial charge on any atom is 0.129 e. The van der Waals surface area contributed by atoms with Gasteiger partial charge in [0.1, 0.15) is 5.82 Å².